The number of hydrogen-bond donors (Lipinski definition) is 1. The van der Waals surface area contributed by atoms with Gasteiger partial charge in [-0.1, -0.05) is 28.6 Å². The van der Waals surface area contributed by atoms with Crippen LogP contribution in [0.25, 0.3) is 0 Å². The van der Waals surface area contributed by atoms with Crippen molar-refractivity contribution in [2.24, 2.45) is 0 Å². The van der Waals surface area contributed by atoms with Crippen LogP contribution in [0.15, 0.2) is 35.3 Å². The lowest BCUT2D eigenvalue weighted by Crippen LogP contribution is -2.07. The summed E-state index contributed by atoms with van der Waals surface area (Å²) >= 11 is 3.34. The van der Waals surface area contributed by atoms with Crippen LogP contribution in [0.5, 0.6) is 5.75 Å². The van der Waals surface area contributed by atoms with E-state index in [-0.39, 0.29) is 12.7 Å². The Bertz CT molecular complexity index is 323. The maximum absolute atomic E-state index is 9.03. The summed E-state index contributed by atoms with van der Waals surface area (Å²) < 4.78 is 6.40. The highest BCUT2D eigenvalue weighted by Gasteiger charge is 2.03. The summed E-state index contributed by atoms with van der Waals surface area (Å²) in [5.41, 5.74) is 0.818. The molecule has 2 nitrogen and oxygen atoms in total. The monoisotopic (exact) mass is 256 g/mol. The molecule has 1 aromatic rings. The summed E-state index contributed by atoms with van der Waals surface area (Å²) in [7, 11) is 0. The third-order valence-corrected chi connectivity index (χ3v) is 2.62. The van der Waals surface area contributed by atoms with Gasteiger partial charge in [-0.25, -0.2) is 0 Å². The maximum Gasteiger partial charge on any atom is 0.120 e. The molecule has 76 valence electrons. The lowest BCUT2D eigenvalue weighted by atomic mass is 10.2. The van der Waals surface area contributed by atoms with Crippen molar-refractivity contribution in [3.05, 3.63) is 40.9 Å². The van der Waals surface area contributed by atoms with E-state index in [0.717, 1.165) is 15.8 Å². The van der Waals surface area contributed by atoms with Gasteiger partial charge in [-0.05, 0) is 30.7 Å². The molecule has 1 aromatic carbocycles. The van der Waals surface area contributed by atoms with Crippen molar-refractivity contribution in [3.63, 3.8) is 0 Å². The smallest absolute Gasteiger partial charge is 0.120 e. The van der Waals surface area contributed by atoms with Crippen molar-refractivity contribution in [1.82, 2.24) is 0 Å². The van der Waals surface area contributed by atoms with Crippen LogP contribution in [0, 0.1) is 0 Å². The van der Waals surface area contributed by atoms with E-state index < -0.39 is 0 Å². The molecule has 0 saturated carbocycles. The van der Waals surface area contributed by atoms with E-state index >= 15 is 0 Å². The maximum atomic E-state index is 9.03. The Kier molecular flexibility index (Phi) is 4.17. The van der Waals surface area contributed by atoms with Gasteiger partial charge in [0.1, 0.15) is 11.9 Å². The third-order valence-electron chi connectivity index (χ3n) is 1.84. The minimum atomic E-state index is -0.0253. The Morgan fingerprint density at radius 3 is 2.93 bits per heavy atom. The highest BCUT2D eigenvalue weighted by atomic mass is 79.9. The average molecular weight is 257 g/mol. The molecule has 0 fully saturated rings. The van der Waals surface area contributed by atoms with Crippen molar-refractivity contribution in [1.29, 1.82) is 0 Å². The van der Waals surface area contributed by atoms with E-state index in [1.165, 1.54) is 0 Å². The van der Waals surface area contributed by atoms with Gasteiger partial charge in [-0.2, -0.15) is 0 Å². The molecule has 0 amide bonds. The Hall–Kier alpha value is -0.800. The molecule has 0 saturated heterocycles. The molecule has 0 aliphatic carbocycles. The fourth-order valence-electron chi connectivity index (χ4n) is 1.01. The van der Waals surface area contributed by atoms with Crippen LogP contribution >= 0.6 is 15.9 Å². The lowest BCUT2D eigenvalue weighted by Gasteiger charge is -2.11. The minimum Gasteiger partial charge on any atom is -0.487 e. The van der Waals surface area contributed by atoms with Crippen molar-refractivity contribution >= 4 is 15.9 Å². The van der Waals surface area contributed by atoms with Gasteiger partial charge in [-0.3, -0.25) is 0 Å². The molecule has 1 unspecified atom stereocenters. The zero-order chi connectivity index (χ0) is 10.6. The summed E-state index contributed by atoms with van der Waals surface area (Å²) in [4.78, 5) is 0. The highest BCUT2D eigenvalue weighted by molar-refractivity contribution is 9.10. The summed E-state index contributed by atoms with van der Waals surface area (Å²) in [6.07, 6.45) is 1.70. The highest BCUT2D eigenvalue weighted by Crippen LogP contribution is 2.23. The fourth-order valence-corrected chi connectivity index (χ4v) is 1.38. The largest absolute Gasteiger partial charge is 0.487 e. The second-order valence-electron chi connectivity index (χ2n) is 2.97. The standard InChI is InChI=1S/C11H13BrO2/c1-3-8(2)14-10-4-5-11(12)9(6-10)7-13/h3-6,8,13H,1,7H2,2H3. The second kappa shape index (κ2) is 5.17. The van der Waals surface area contributed by atoms with E-state index in [1.54, 1.807) is 6.08 Å². The second-order valence-corrected chi connectivity index (χ2v) is 3.82. The first-order chi connectivity index (χ1) is 6.67. The Labute approximate surface area is 92.3 Å². The van der Waals surface area contributed by atoms with E-state index in [1.807, 2.05) is 25.1 Å². The number of rotatable bonds is 4. The molecule has 0 aliphatic heterocycles. The normalized spacial score (nSPS) is 12.2. The van der Waals surface area contributed by atoms with Gasteiger partial charge < -0.3 is 9.84 Å². The topological polar surface area (TPSA) is 29.5 Å². The molecule has 1 N–H and O–H groups in total. The minimum absolute atomic E-state index is 0.000252. The zero-order valence-electron chi connectivity index (χ0n) is 8.03. The first kappa shape index (κ1) is 11.3. The molecule has 0 aliphatic rings. The van der Waals surface area contributed by atoms with Crippen LogP contribution in [0.4, 0.5) is 0 Å². The Balaban J connectivity index is 2.84. The molecule has 0 heterocycles. The Morgan fingerprint density at radius 2 is 2.36 bits per heavy atom. The predicted octanol–water partition coefficient (Wildman–Crippen LogP) is 2.89. The van der Waals surface area contributed by atoms with Crippen molar-refractivity contribution in [3.8, 4) is 5.75 Å². The van der Waals surface area contributed by atoms with Crippen LogP contribution in [-0.2, 0) is 6.61 Å². The summed E-state index contributed by atoms with van der Waals surface area (Å²) in [5, 5.41) is 9.03. The molecule has 1 atom stereocenters. The number of hydrogen-bond acceptors (Lipinski definition) is 2. The number of aliphatic hydroxyl groups excluding tert-OH is 1. The average Bonchev–Trinajstić information content (AvgIpc) is 2.20. The molecular formula is C11H13BrO2. The first-order valence-corrected chi connectivity index (χ1v) is 5.15. The zero-order valence-corrected chi connectivity index (χ0v) is 9.62. The summed E-state index contributed by atoms with van der Waals surface area (Å²) in [6, 6.07) is 5.52. The fraction of sp³-hybridized carbons (Fsp3) is 0.273. The van der Waals surface area contributed by atoms with Crippen LogP contribution in [0.2, 0.25) is 0 Å². The van der Waals surface area contributed by atoms with Crippen molar-refractivity contribution in [2.45, 2.75) is 19.6 Å². The predicted molar refractivity (Wildman–Crippen MR) is 60.4 cm³/mol. The molecule has 3 heteroatoms. The van der Waals surface area contributed by atoms with Gasteiger partial charge in [-0.15, -0.1) is 0 Å². The molecule has 0 radical (unpaired) electrons. The van der Waals surface area contributed by atoms with Crippen LogP contribution in [0.3, 0.4) is 0 Å². The van der Waals surface area contributed by atoms with E-state index in [2.05, 4.69) is 22.5 Å². The van der Waals surface area contributed by atoms with Crippen molar-refractivity contribution in [2.75, 3.05) is 0 Å². The number of ether oxygens (including phenoxy) is 1. The third kappa shape index (κ3) is 2.86. The van der Waals surface area contributed by atoms with Gasteiger partial charge in [0.2, 0.25) is 0 Å². The molecule has 0 aromatic heterocycles. The first-order valence-electron chi connectivity index (χ1n) is 4.36. The van der Waals surface area contributed by atoms with Crippen LogP contribution < -0.4 is 4.74 Å². The number of aliphatic hydroxyl groups is 1. The van der Waals surface area contributed by atoms with Gasteiger partial charge in [0.25, 0.3) is 0 Å². The van der Waals surface area contributed by atoms with E-state index in [0.29, 0.717) is 0 Å². The summed E-state index contributed by atoms with van der Waals surface area (Å²) in [5.74, 6) is 0.740. The van der Waals surface area contributed by atoms with Gasteiger partial charge >= 0.3 is 0 Å². The van der Waals surface area contributed by atoms with Gasteiger partial charge in [0.05, 0.1) is 6.61 Å². The Morgan fingerprint density at radius 1 is 1.64 bits per heavy atom. The van der Waals surface area contributed by atoms with Crippen LogP contribution in [-0.4, -0.2) is 11.2 Å². The van der Waals surface area contributed by atoms with Gasteiger partial charge in [0, 0.05) is 4.47 Å². The molecule has 14 heavy (non-hydrogen) atoms. The molecule has 0 bridgehead atoms. The van der Waals surface area contributed by atoms with E-state index in [4.69, 9.17) is 9.84 Å². The van der Waals surface area contributed by atoms with Crippen molar-refractivity contribution < 1.29 is 9.84 Å². The summed E-state index contributed by atoms with van der Waals surface area (Å²) in [6.45, 7) is 5.54. The number of benzene rings is 1. The van der Waals surface area contributed by atoms with Gasteiger partial charge in [0.15, 0.2) is 0 Å². The van der Waals surface area contributed by atoms with Crippen LogP contribution in [0.1, 0.15) is 12.5 Å². The van der Waals surface area contributed by atoms with E-state index in [9.17, 15) is 0 Å². The quantitative estimate of drug-likeness (QED) is 0.840. The molecule has 0 spiro atoms. The molecule has 1 rings (SSSR count). The molecular weight excluding hydrogens is 244 g/mol. The lowest BCUT2D eigenvalue weighted by molar-refractivity contribution is 0.264. The SMILES string of the molecule is C=CC(C)Oc1ccc(Br)c(CO)c1. The number of halogens is 1.